The molecule has 1 aliphatic carbocycles. The number of benzene rings is 2. The average Bonchev–Trinajstić information content (AvgIpc) is 3.01. The summed E-state index contributed by atoms with van der Waals surface area (Å²) in [5, 5.41) is 9.59. The van der Waals surface area contributed by atoms with Gasteiger partial charge in [0.1, 0.15) is 17.3 Å². The molecule has 0 spiro atoms. The molecule has 2 aromatic carbocycles. The summed E-state index contributed by atoms with van der Waals surface area (Å²) < 4.78 is 20.4. The molecule has 4 rings (SSSR count). The molecule has 0 aromatic heterocycles. The van der Waals surface area contributed by atoms with Crippen molar-refractivity contribution in [1.29, 1.82) is 0 Å². The Morgan fingerprint density at radius 1 is 1.21 bits per heavy atom. The Kier molecular flexibility index (Phi) is 5.48. The summed E-state index contributed by atoms with van der Waals surface area (Å²) >= 11 is 0. The summed E-state index contributed by atoms with van der Waals surface area (Å²) in [7, 11) is 0. The molecule has 1 heterocycles. The molecule has 1 aliphatic heterocycles. The summed E-state index contributed by atoms with van der Waals surface area (Å²) in [4.78, 5) is 14.5. The first-order valence-electron chi connectivity index (χ1n) is 10.5. The van der Waals surface area contributed by atoms with Gasteiger partial charge in [0.2, 0.25) is 0 Å². The molecule has 1 unspecified atom stereocenters. The van der Waals surface area contributed by atoms with Gasteiger partial charge < -0.3 is 14.7 Å². The van der Waals surface area contributed by atoms with E-state index in [1.54, 1.807) is 31.2 Å². The van der Waals surface area contributed by atoms with Crippen LogP contribution in [0.15, 0.2) is 36.4 Å². The number of nitrogens with zero attached hydrogens (tertiary/aromatic N) is 1. The maximum absolute atomic E-state index is 14.4. The number of rotatable bonds is 5. The number of carbonyl (C=O) groups is 1. The molecule has 1 amide bonds. The van der Waals surface area contributed by atoms with Crippen LogP contribution < -0.4 is 4.74 Å². The van der Waals surface area contributed by atoms with Crippen LogP contribution in [0.4, 0.5) is 4.39 Å². The van der Waals surface area contributed by atoms with E-state index in [1.807, 2.05) is 17.0 Å². The van der Waals surface area contributed by atoms with Gasteiger partial charge in [-0.15, -0.1) is 0 Å². The van der Waals surface area contributed by atoms with Crippen molar-refractivity contribution in [2.24, 2.45) is 11.8 Å². The number of phenolic OH excluding ortho intramolecular Hbond substituents is 1. The highest BCUT2D eigenvalue weighted by Gasteiger charge is 2.34. The highest BCUT2D eigenvalue weighted by Crippen LogP contribution is 2.35. The molecule has 0 radical (unpaired) electrons. The van der Waals surface area contributed by atoms with Crippen LogP contribution in [0.2, 0.25) is 0 Å². The monoisotopic (exact) mass is 397 g/mol. The second kappa shape index (κ2) is 8.05. The van der Waals surface area contributed by atoms with E-state index in [0.717, 1.165) is 31.2 Å². The fourth-order valence-corrected chi connectivity index (χ4v) is 4.69. The summed E-state index contributed by atoms with van der Waals surface area (Å²) in [6.07, 6.45) is 4.26. The third-order valence-corrected chi connectivity index (χ3v) is 6.46. The van der Waals surface area contributed by atoms with Crippen molar-refractivity contribution in [3.8, 4) is 11.5 Å². The van der Waals surface area contributed by atoms with Gasteiger partial charge in [-0.1, -0.05) is 18.2 Å². The molecule has 0 saturated heterocycles. The molecule has 2 aromatic rings. The van der Waals surface area contributed by atoms with Gasteiger partial charge in [-0.05, 0) is 74.6 Å². The van der Waals surface area contributed by atoms with Crippen LogP contribution in [-0.2, 0) is 6.54 Å². The summed E-state index contributed by atoms with van der Waals surface area (Å²) in [6, 6.07) is 10.5. The van der Waals surface area contributed by atoms with E-state index in [0.29, 0.717) is 36.2 Å². The normalized spacial score (nSPS) is 22.4. The van der Waals surface area contributed by atoms with Crippen molar-refractivity contribution in [2.75, 3.05) is 6.54 Å². The predicted molar refractivity (Wildman–Crippen MR) is 110 cm³/mol. The molecular weight excluding hydrogens is 369 g/mol. The minimum Gasteiger partial charge on any atom is -0.508 e. The van der Waals surface area contributed by atoms with E-state index >= 15 is 0 Å². The molecular formula is C24H28FNO3. The molecule has 29 heavy (non-hydrogen) atoms. The van der Waals surface area contributed by atoms with Gasteiger partial charge in [0, 0.05) is 19.2 Å². The summed E-state index contributed by atoms with van der Waals surface area (Å²) in [6.45, 7) is 5.00. The van der Waals surface area contributed by atoms with Crippen LogP contribution >= 0.6 is 0 Å². The average molecular weight is 397 g/mol. The van der Waals surface area contributed by atoms with E-state index < -0.39 is 0 Å². The van der Waals surface area contributed by atoms with Crippen molar-refractivity contribution in [3.05, 3.63) is 58.9 Å². The predicted octanol–water partition coefficient (Wildman–Crippen LogP) is 5.07. The van der Waals surface area contributed by atoms with E-state index in [2.05, 4.69) is 6.92 Å². The molecule has 1 atom stereocenters. The molecule has 1 N–H and O–H groups in total. The maximum atomic E-state index is 14.4. The molecule has 1 fully saturated rings. The lowest BCUT2D eigenvalue weighted by Gasteiger charge is -2.34. The Balaban J connectivity index is 1.30. The number of hydrogen-bond donors (Lipinski definition) is 1. The number of fused-ring (bicyclic) bond motifs is 1. The fourth-order valence-electron chi connectivity index (χ4n) is 4.69. The topological polar surface area (TPSA) is 49.8 Å². The lowest BCUT2D eigenvalue weighted by molar-refractivity contribution is 0.0682. The standard InChI is InChI=1S/C24H28FNO3/c1-15-6-9-19-14-26(24(28)22(19)23(15)25)13-17-7-10-18(11-8-17)16(2)29-21-5-3-4-20(27)12-21/h3-6,9,12,16-18,27H,7-8,10-11,13-14H2,1-2H3/t16?,17-,18-. The van der Waals surface area contributed by atoms with Crippen molar-refractivity contribution in [3.63, 3.8) is 0 Å². The van der Waals surface area contributed by atoms with Crippen molar-refractivity contribution < 1.29 is 19.0 Å². The quantitative estimate of drug-likeness (QED) is 0.766. The van der Waals surface area contributed by atoms with Gasteiger partial charge in [-0.3, -0.25) is 4.79 Å². The Hall–Kier alpha value is -2.56. The van der Waals surface area contributed by atoms with Gasteiger partial charge in [0.05, 0.1) is 11.7 Å². The number of aryl methyl sites for hydroxylation is 1. The molecule has 5 heteroatoms. The van der Waals surface area contributed by atoms with E-state index in [4.69, 9.17) is 4.74 Å². The first-order valence-corrected chi connectivity index (χ1v) is 10.5. The van der Waals surface area contributed by atoms with Crippen LogP contribution in [0.3, 0.4) is 0 Å². The van der Waals surface area contributed by atoms with Gasteiger partial charge in [-0.2, -0.15) is 0 Å². The van der Waals surface area contributed by atoms with Crippen LogP contribution in [0.25, 0.3) is 0 Å². The minimum atomic E-state index is -0.364. The number of aromatic hydroxyl groups is 1. The fraction of sp³-hybridized carbons (Fsp3) is 0.458. The second-order valence-corrected chi connectivity index (χ2v) is 8.52. The highest BCUT2D eigenvalue weighted by atomic mass is 19.1. The third-order valence-electron chi connectivity index (χ3n) is 6.46. The zero-order valence-corrected chi connectivity index (χ0v) is 17.0. The van der Waals surface area contributed by atoms with E-state index in [-0.39, 0.29) is 29.1 Å². The SMILES string of the molecule is Cc1ccc2c(c1F)C(=O)N(C[C@H]1CC[C@H](C(C)Oc3cccc(O)c3)CC1)C2. The molecule has 1 saturated carbocycles. The zero-order valence-electron chi connectivity index (χ0n) is 17.0. The van der Waals surface area contributed by atoms with E-state index in [9.17, 15) is 14.3 Å². The summed E-state index contributed by atoms with van der Waals surface area (Å²) in [5.74, 6) is 1.28. The van der Waals surface area contributed by atoms with Crippen LogP contribution in [0.5, 0.6) is 11.5 Å². The minimum absolute atomic E-state index is 0.0764. The largest absolute Gasteiger partial charge is 0.508 e. The van der Waals surface area contributed by atoms with Gasteiger partial charge in [0.15, 0.2) is 0 Å². The number of amides is 1. The number of ether oxygens (including phenoxy) is 1. The maximum Gasteiger partial charge on any atom is 0.257 e. The third kappa shape index (κ3) is 4.09. The highest BCUT2D eigenvalue weighted by molar-refractivity contribution is 5.98. The molecule has 0 bridgehead atoms. The summed E-state index contributed by atoms with van der Waals surface area (Å²) in [5.41, 5.74) is 1.60. The second-order valence-electron chi connectivity index (χ2n) is 8.52. The van der Waals surface area contributed by atoms with E-state index in [1.165, 1.54) is 0 Å². The number of hydrogen-bond acceptors (Lipinski definition) is 3. The lowest BCUT2D eigenvalue weighted by atomic mass is 9.79. The van der Waals surface area contributed by atoms with Crippen molar-refractivity contribution >= 4 is 5.91 Å². The number of phenols is 1. The Morgan fingerprint density at radius 3 is 2.69 bits per heavy atom. The number of halogens is 1. The Bertz CT molecular complexity index is 905. The van der Waals surface area contributed by atoms with Crippen molar-refractivity contribution in [1.82, 2.24) is 4.90 Å². The Labute approximate surface area is 171 Å². The zero-order chi connectivity index (χ0) is 20.5. The van der Waals surface area contributed by atoms with Gasteiger partial charge in [-0.25, -0.2) is 4.39 Å². The van der Waals surface area contributed by atoms with Gasteiger partial charge in [0.25, 0.3) is 5.91 Å². The van der Waals surface area contributed by atoms with Crippen molar-refractivity contribution in [2.45, 2.75) is 52.2 Å². The number of carbonyl (C=O) groups excluding carboxylic acids is 1. The molecule has 2 aliphatic rings. The first-order chi connectivity index (χ1) is 13.9. The lowest BCUT2D eigenvalue weighted by Crippen LogP contribution is -2.34. The van der Waals surface area contributed by atoms with Crippen LogP contribution in [0, 0.1) is 24.6 Å². The Morgan fingerprint density at radius 2 is 1.97 bits per heavy atom. The van der Waals surface area contributed by atoms with Gasteiger partial charge >= 0.3 is 0 Å². The van der Waals surface area contributed by atoms with Crippen LogP contribution in [0.1, 0.15) is 54.1 Å². The van der Waals surface area contributed by atoms with Crippen LogP contribution in [-0.4, -0.2) is 28.6 Å². The molecule has 4 nitrogen and oxygen atoms in total. The smallest absolute Gasteiger partial charge is 0.257 e. The first kappa shape index (κ1) is 19.7. The molecule has 154 valence electrons.